The van der Waals surface area contributed by atoms with Gasteiger partial charge < -0.3 is 5.32 Å². The van der Waals surface area contributed by atoms with Crippen molar-refractivity contribution >= 4 is 33.2 Å². The van der Waals surface area contributed by atoms with Gasteiger partial charge in [-0.25, -0.2) is 0 Å². The first kappa shape index (κ1) is 13.4. The summed E-state index contributed by atoms with van der Waals surface area (Å²) in [4.78, 5) is 4.33. The first-order chi connectivity index (χ1) is 8.66. The van der Waals surface area contributed by atoms with E-state index in [0.29, 0.717) is 6.54 Å². The van der Waals surface area contributed by atoms with Gasteiger partial charge in [0.1, 0.15) is 0 Å². The number of pyridine rings is 1. The third-order valence-electron chi connectivity index (χ3n) is 2.64. The van der Waals surface area contributed by atoms with E-state index in [1.54, 1.807) is 6.20 Å². The van der Waals surface area contributed by atoms with Crippen molar-refractivity contribution in [3.8, 4) is 0 Å². The van der Waals surface area contributed by atoms with Crippen molar-refractivity contribution in [2.75, 3.05) is 5.32 Å². The van der Waals surface area contributed by atoms with Gasteiger partial charge in [-0.2, -0.15) is 0 Å². The molecule has 0 aliphatic carbocycles. The average Bonchev–Trinajstić information content (AvgIpc) is 2.38. The second-order valence-corrected chi connectivity index (χ2v) is 5.59. The fraction of sp³-hybridized carbons (Fsp3) is 0.214. The highest BCUT2D eigenvalue weighted by Crippen LogP contribution is 2.27. The van der Waals surface area contributed by atoms with Gasteiger partial charge in [0.25, 0.3) is 0 Å². The molecule has 0 saturated heterocycles. The first-order valence-corrected chi connectivity index (χ1v) is 6.97. The van der Waals surface area contributed by atoms with Crippen LogP contribution in [0.4, 0.5) is 5.69 Å². The largest absolute Gasteiger partial charge is 0.379 e. The number of aromatic nitrogens is 1. The Morgan fingerprint density at radius 2 is 2.06 bits per heavy atom. The van der Waals surface area contributed by atoms with Crippen molar-refractivity contribution in [2.45, 2.75) is 18.8 Å². The van der Waals surface area contributed by atoms with Gasteiger partial charge >= 0.3 is 0 Å². The summed E-state index contributed by atoms with van der Waals surface area (Å²) < 4.78 is 0.987. The van der Waals surface area contributed by atoms with Gasteiger partial charge in [-0.1, -0.05) is 18.2 Å². The minimum absolute atomic E-state index is 0.00780. The number of para-hydroxylation sites is 1. The molecular weight excluding hydrogens is 312 g/mol. The SMILES string of the molecule is CC(Cl)c1ccccc1NCc1ccc(Br)cn1. The molecule has 2 aromatic rings. The Kier molecular flexibility index (Phi) is 4.61. The van der Waals surface area contributed by atoms with Gasteiger partial charge in [0.15, 0.2) is 0 Å². The number of nitrogens with zero attached hydrogens (tertiary/aromatic N) is 1. The van der Waals surface area contributed by atoms with Crippen LogP contribution in [0.5, 0.6) is 0 Å². The third-order valence-corrected chi connectivity index (χ3v) is 3.34. The molecule has 94 valence electrons. The highest BCUT2D eigenvalue weighted by atomic mass is 79.9. The highest BCUT2D eigenvalue weighted by Gasteiger charge is 2.06. The fourth-order valence-corrected chi connectivity index (χ4v) is 2.13. The molecule has 4 heteroatoms. The maximum absolute atomic E-state index is 6.15. The minimum atomic E-state index is -0.00780. The Morgan fingerprint density at radius 1 is 1.28 bits per heavy atom. The number of rotatable bonds is 4. The van der Waals surface area contributed by atoms with E-state index in [4.69, 9.17) is 11.6 Å². The molecule has 2 rings (SSSR count). The molecule has 0 spiro atoms. The van der Waals surface area contributed by atoms with Crippen molar-refractivity contribution in [2.24, 2.45) is 0 Å². The maximum Gasteiger partial charge on any atom is 0.0595 e. The predicted octanol–water partition coefficient (Wildman–Crippen LogP) is 4.76. The van der Waals surface area contributed by atoms with Gasteiger partial charge in [0.05, 0.1) is 17.6 Å². The molecule has 0 bridgehead atoms. The van der Waals surface area contributed by atoms with Crippen LogP contribution in [0.2, 0.25) is 0 Å². The summed E-state index contributed by atoms with van der Waals surface area (Å²) in [5.74, 6) is 0. The second kappa shape index (κ2) is 6.21. The van der Waals surface area contributed by atoms with Gasteiger partial charge in [-0.15, -0.1) is 11.6 Å². The first-order valence-electron chi connectivity index (χ1n) is 5.74. The molecule has 1 N–H and O–H groups in total. The lowest BCUT2D eigenvalue weighted by Crippen LogP contribution is -2.04. The van der Waals surface area contributed by atoms with Crippen LogP contribution < -0.4 is 5.32 Å². The Balaban J connectivity index is 2.08. The van der Waals surface area contributed by atoms with Crippen LogP contribution in [-0.2, 0) is 6.54 Å². The molecule has 0 aliphatic rings. The standard InChI is InChI=1S/C14H14BrClN2/c1-10(16)13-4-2-3-5-14(13)18-9-12-7-6-11(15)8-17-12/h2-8,10,18H,9H2,1H3. The van der Waals surface area contributed by atoms with Crippen molar-refractivity contribution in [1.29, 1.82) is 0 Å². The molecule has 1 unspecified atom stereocenters. The number of nitrogens with one attached hydrogen (secondary N) is 1. The minimum Gasteiger partial charge on any atom is -0.379 e. The van der Waals surface area contributed by atoms with Crippen LogP contribution in [0.25, 0.3) is 0 Å². The van der Waals surface area contributed by atoms with Crippen molar-refractivity contribution in [3.05, 3.63) is 58.3 Å². The maximum atomic E-state index is 6.15. The molecule has 0 saturated carbocycles. The lowest BCUT2D eigenvalue weighted by atomic mass is 10.1. The monoisotopic (exact) mass is 324 g/mol. The highest BCUT2D eigenvalue weighted by molar-refractivity contribution is 9.10. The summed E-state index contributed by atoms with van der Waals surface area (Å²) in [5.41, 5.74) is 3.16. The molecule has 2 nitrogen and oxygen atoms in total. The number of anilines is 1. The van der Waals surface area contributed by atoms with Crippen LogP contribution >= 0.6 is 27.5 Å². The van der Waals surface area contributed by atoms with Crippen molar-refractivity contribution in [3.63, 3.8) is 0 Å². The lowest BCUT2D eigenvalue weighted by molar-refractivity contribution is 1.02. The average molecular weight is 326 g/mol. The zero-order valence-corrected chi connectivity index (χ0v) is 12.4. The second-order valence-electron chi connectivity index (χ2n) is 4.02. The normalized spacial score (nSPS) is 12.2. The van der Waals surface area contributed by atoms with E-state index in [0.717, 1.165) is 21.4 Å². The lowest BCUT2D eigenvalue weighted by Gasteiger charge is -2.13. The van der Waals surface area contributed by atoms with E-state index in [1.165, 1.54) is 0 Å². The molecule has 0 radical (unpaired) electrons. The Bertz CT molecular complexity index is 511. The molecular formula is C14H14BrClN2. The summed E-state index contributed by atoms with van der Waals surface area (Å²) in [6.07, 6.45) is 1.80. The number of hydrogen-bond acceptors (Lipinski definition) is 2. The summed E-state index contributed by atoms with van der Waals surface area (Å²) >= 11 is 9.52. The van der Waals surface area contributed by atoms with E-state index in [2.05, 4.69) is 26.2 Å². The molecule has 1 aromatic carbocycles. The van der Waals surface area contributed by atoms with E-state index in [1.807, 2.05) is 43.3 Å². The van der Waals surface area contributed by atoms with E-state index in [-0.39, 0.29) is 5.38 Å². The smallest absolute Gasteiger partial charge is 0.0595 e. The Hall–Kier alpha value is -1.06. The van der Waals surface area contributed by atoms with Gasteiger partial charge in [0, 0.05) is 16.4 Å². The zero-order valence-electron chi connectivity index (χ0n) is 10.0. The van der Waals surface area contributed by atoms with Crippen molar-refractivity contribution in [1.82, 2.24) is 4.98 Å². The van der Waals surface area contributed by atoms with E-state index >= 15 is 0 Å². The van der Waals surface area contributed by atoms with Crippen molar-refractivity contribution < 1.29 is 0 Å². The molecule has 1 aromatic heterocycles. The third kappa shape index (κ3) is 3.47. The molecule has 0 amide bonds. The van der Waals surface area contributed by atoms with Crippen LogP contribution in [0.1, 0.15) is 23.6 Å². The number of hydrogen-bond donors (Lipinski definition) is 1. The topological polar surface area (TPSA) is 24.9 Å². The number of benzene rings is 1. The summed E-state index contributed by atoms with van der Waals surface area (Å²) in [5, 5.41) is 3.36. The van der Waals surface area contributed by atoms with Gasteiger partial charge in [0.2, 0.25) is 0 Å². The molecule has 0 aliphatic heterocycles. The Morgan fingerprint density at radius 3 is 2.72 bits per heavy atom. The number of halogens is 2. The Labute approximate surface area is 121 Å². The van der Waals surface area contributed by atoms with Crippen LogP contribution in [0, 0.1) is 0 Å². The predicted molar refractivity (Wildman–Crippen MR) is 80.0 cm³/mol. The van der Waals surface area contributed by atoms with Gasteiger partial charge in [-0.3, -0.25) is 4.98 Å². The van der Waals surface area contributed by atoms with Crippen LogP contribution in [0.3, 0.4) is 0 Å². The van der Waals surface area contributed by atoms with Crippen LogP contribution in [0.15, 0.2) is 47.1 Å². The zero-order chi connectivity index (χ0) is 13.0. The summed E-state index contributed by atoms with van der Waals surface area (Å²) in [7, 11) is 0. The summed E-state index contributed by atoms with van der Waals surface area (Å²) in [6, 6.07) is 12.0. The van der Waals surface area contributed by atoms with E-state index < -0.39 is 0 Å². The molecule has 0 fully saturated rings. The van der Waals surface area contributed by atoms with Crippen LogP contribution in [-0.4, -0.2) is 4.98 Å². The molecule has 1 heterocycles. The molecule has 18 heavy (non-hydrogen) atoms. The quantitative estimate of drug-likeness (QED) is 0.820. The number of alkyl halides is 1. The fourth-order valence-electron chi connectivity index (χ4n) is 1.70. The summed E-state index contributed by atoms with van der Waals surface area (Å²) in [6.45, 7) is 2.66. The van der Waals surface area contributed by atoms with E-state index in [9.17, 15) is 0 Å². The van der Waals surface area contributed by atoms with Gasteiger partial charge in [-0.05, 0) is 46.6 Å². The molecule has 1 atom stereocenters.